The van der Waals surface area contributed by atoms with E-state index in [1.807, 2.05) is 31.2 Å². The highest BCUT2D eigenvalue weighted by Crippen LogP contribution is 2.31. The summed E-state index contributed by atoms with van der Waals surface area (Å²) in [5.41, 5.74) is 3.33. The molecule has 0 bridgehead atoms. The van der Waals surface area contributed by atoms with E-state index in [9.17, 15) is 10.1 Å². The summed E-state index contributed by atoms with van der Waals surface area (Å²) in [6.45, 7) is 3.22. The van der Waals surface area contributed by atoms with Crippen molar-refractivity contribution in [2.75, 3.05) is 11.9 Å². The largest absolute Gasteiger partial charge is 0.377 e. The average Bonchev–Trinajstić information content (AvgIpc) is 2.61. The fourth-order valence-electron chi connectivity index (χ4n) is 2.48. The molecule has 0 aliphatic carbocycles. The van der Waals surface area contributed by atoms with E-state index in [-0.39, 0.29) is 5.69 Å². The van der Waals surface area contributed by atoms with Crippen LogP contribution >= 0.6 is 0 Å². The molecule has 1 heterocycles. The van der Waals surface area contributed by atoms with E-state index in [1.165, 1.54) is 6.07 Å². The van der Waals surface area contributed by atoms with Crippen molar-refractivity contribution in [1.29, 1.82) is 0 Å². The summed E-state index contributed by atoms with van der Waals surface area (Å²) in [6, 6.07) is 14.4. The van der Waals surface area contributed by atoms with Gasteiger partial charge in [0.05, 0.1) is 22.6 Å². The molecule has 6 heteroatoms. The Kier molecular flexibility index (Phi) is 4.67. The first kappa shape index (κ1) is 15.9. The zero-order chi connectivity index (χ0) is 16.9. The van der Waals surface area contributed by atoms with Gasteiger partial charge in [-0.3, -0.25) is 15.1 Å². The van der Waals surface area contributed by atoms with Crippen LogP contribution in [0.4, 0.5) is 17.1 Å². The van der Waals surface area contributed by atoms with Gasteiger partial charge in [-0.25, -0.2) is 0 Å². The SMILES string of the molecule is CCOCc1ccc(Nc2ccc([N+](=O)[O-])c3cccnc23)cc1. The number of ether oxygens (including phenoxy) is 1. The minimum atomic E-state index is -0.393. The van der Waals surface area contributed by atoms with Gasteiger partial charge in [0.2, 0.25) is 0 Å². The first-order chi connectivity index (χ1) is 11.7. The van der Waals surface area contributed by atoms with Crippen LogP contribution in [-0.2, 0) is 11.3 Å². The highest BCUT2D eigenvalue weighted by atomic mass is 16.6. The monoisotopic (exact) mass is 323 g/mol. The summed E-state index contributed by atoms with van der Waals surface area (Å²) in [5, 5.41) is 14.9. The molecule has 2 aromatic carbocycles. The predicted octanol–water partition coefficient (Wildman–Crippen LogP) is 4.42. The number of aromatic nitrogens is 1. The second kappa shape index (κ2) is 7.06. The van der Waals surface area contributed by atoms with Crippen molar-refractivity contribution in [3.8, 4) is 0 Å². The number of pyridine rings is 1. The maximum Gasteiger partial charge on any atom is 0.278 e. The topological polar surface area (TPSA) is 77.3 Å². The van der Waals surface area contributed by atoms with Crippen LogP contribution in [0.5, 0.6) is 0 Å². The van der Waals surface area contributed by atoms with Crippen molar-refractivity contribution < 1.29 is 9.66 Å². The Morgan fingerprint density at radius 3 is 2.67 bits per heavy atom. The summed E-state index contributed by atoms with van der Waals surface area (Å²) >= 11 is 0. The summed E-state index contributed by atoms with van der Waals surface area (Å²) in [4.78, 5) is 15.1. The Bertz CT molecular complexity index is 863. The summed E-state index contributed by atoms with van der Waals surface area (Å²) in [6.07, 6.45) is 1.63. The lowest BCUT2D eigenvalue weighted by molar-refractivity contribution is -0.383. The standard InChI is InChI=1S/C18H17N3O3/c1-2-24-12-13-5-7-14(8-6-13)20-16-9-10-17(21(22)23)15-4-3-11-19-18(15)16/h3-11,20H,2,12H2,1H3. The van der Waals surface area contributed by atoms with Gasteiger partial charge >= 0.3 is 0 Å². The zero-order valence-electron chi connectivity index (χ0n) is 13.2. The molecule has 6 nitrogen and oxygen atoms in total. The van der Waals surface area contributed by atoms with E-state index < -0.39 is 4.92 Å². The summed E-state index contributed by atoms with van der Waals surface area (Å²) in [5.74, 6) is 0. The number of nitro groups is 1. The highest BCUT2D eigenvalue weighted by molar-refractivity contribution is 5.97. The lowest BCUT2D eigenvalue weighted by atomic mass is 10.1. The molecule has 0 saturated carbocycles. The Hall–Kier alpha value is -2.99. The molecule has 3 aromatic rings. The molecular weight excluding hydrogens is 306 g/mol. The van der Waals surface area contributed by atoms with Crippen molar-refractivity contribution in [2.45, 2.75) is 13.5 Å². The van der Waals surface area contributed by atoms with Gasteiger partial charge in [0.25, 0.3) is 5.69 Å². The van der Waals surface area contributed by atoms with Crippen LogP contribution in [0.15, 0.2) is 54.7 Å². The molecule has 1 N–H and O–H groups in total. The molecule has 0 aliphatic heterocycles. The number of hydrogen-bond acceptors (Lipinski definition) is 5. The normalized spacial score (nSPS) is 10.7. The van der Waals surface area contributed by atoms with Gasteiger partial charge < -0.3 is 10.1 Å². The van der Waals surface area contributed by atoms with Crippen LogP contribution in [0, 0.1) is 10.1 Å². The minimum Gasteiger partial charge on any atom is -0.377 e. The van der Waals surface area contributed by atoms with Crippen molar-refractivity contribution >= 4 is 28.0 Å². The number of nitro benzene ring substituents is 1. The van der Waals surface area contributed by atoms with E-state index in [4.69, 9.17) is 4.74 Å². The molecular formula is C18H17N3O3. The fourth-order valence-corrected chi connectivity index (χ4v) is 2.48. The van der Waals surface area contributed by atoms with Gasteiger partial charge in [-0.15, -0.1) is 0 Å². The van der Waals surface area contributed by atoms with Crippen molar-refractivity contribution in [3.63, 3.8) is 0 Å². The van der Waals surface area contributed by atoms with Gasteiger partial charge in [-0.2, -0.15) is 0 Å². The van der Waals surface area contributed by atoms with Gasteiger partial charge in [0.1, 0.15) is 5.52 Å². The van der Waals surface area contributed by atoms with Gasteiger partial charge in [-0.05, 0) is 42.8 Å². The number of hydrogen-bond donors (Lipinski definition) is 1. The molecule has 0 amide bonds. The molecule has 3 rings (SSSR count). The van der Waals surface area contributed by atoms with E-state index in [2.05, 4.69) is 10.3 Å². The Morgan fingerprint density at radius 1 is 1.17 bits per heavy atom. The highest BCUT2D eigenvalue weighted by Gasteiger charge is 2.14. The van der Waals surface area contributed by atoms with Gasteiger partial charge in [-0.1, -0.05) is 12.1 Å². The number of non-ortho nitro benzene ring substituents is 1. The van der Waals surface area contributed by atoms with Gasteiger partial charge in [0.15, 0.2) is 0 Å². The van der Waals surface area contributed by atoms with Crippen LogP contribution in [-0.4, -0.2) is 16.5 Å². The maximum atomic E-state index is 11.2. The van der Waals surface area contributed by atoms with Crippen LogP contribution in [0.1, 0.15) is 12.5 Å². The van der Waals surface area contributed by atoms with E-state index in [0.29, 0.717) is 24.1 Å². The number of nitrogens with zero attached hydrogens (tertiary/aromatic N) is 2. The van der Waals surface area contributed by atoms with Crippen molar-refractivity contribution in [3.05, 3.63) is 70.4 Å². The minimum absolute atomic E-state index is 0.0516. The van der Waals surface area contributed by atoms with Crippen LogP contribution < -0.4 is 5.32 Å². The van der Waals surface area contributed by atoms with Crippen LogP contribution in [0.3, 0.4) is 0 Å². The average molecular weight is 323 g/mol. The zero-order valence-corrected chi connectivity index (χ0v) is 13.2. The molecule has 0 saturated heterocycles. The molecule has 0 unspecified atom stereocenters. The predicted molar refractivity (Wildman–Crippen MR) is 93.5 cm³/mol. The molecule has 24 heavy (non-hydrogen) atoms. The molecule has 0 atom stereocenters. The molecule has 0 spiro atoms. The molecule has 122 valence electrons. The third kappa shape index (κ3) is 3.33. The number of anilines is 2. The van der Waals surface area contributed by atoms with E-state index in [0.717, 1.165) is 16.9 Å². The number of nitrogens with one attached hydrogen (secondary N) is 1. The van der Waals surface area contributed by atoms with E-state index in [1.54, 1.807) is 24.4 Å². The van der Waals surface area contributed by atoms with Crippen molar-refractivity contribution in [2.24, 2.45) is 0 Å². The second-order valence-electron chi connectivity index (χ2n) is 5.25. The number of fused-ring (bicyclic) bond motifs is 1. The molecule has 1 aromatic heterocycles. The quantitative estimate of drug-likeness (QED) is 0.536. The third-order valence-electron chi connectivity index (χ3n) is 3.65. The number of rotatable bonds is 6. The maximum absolute atomic E-state index is 11.2. The smallest absolute Gasteiger partial charge is 0.278 e. The van der Waals surface area contributed by atoms with E-state index >= 15 is 0 Å². The molecule has 0 radical (unpaired) electrons. The first-order valence-corrected chi connectivity index (χ1v) is 7.65. The lowest BCUT2D eigenvalue weighted by Crippen LogP contribution is -1.97. The third-order valence-corrected chi connectivity index (χ3v) is 3.65. The first-order valence-electron chi connectivity index (χ1n) is 7.65. The Balaban J connectivity index is 1.90. The lowest BCUT2D eigenvalue weighted by Gasteiger charge is -2.10. The van der Waals surface area contributed by atoms with Crippen LogP contribution in [0.2, 0.25) is 0 Å². The summed E-state index contributed by atoms with van der Waals surface area (Å²) < 4.78 is 5.38. The van der Waals surface area contributed by atoms with Crippen molar-refractivity contribution in [1.82, 2.24) is 4.98 Å². The van der Waals surface area contributed by atoms with Gasteiger partial charge in [0, 0.05) is 24.6 Å². The van der Waals surface area contributed by atoms with Crippen LogP contribution in [0.25, 0.3) is 10.9 Å². The Labute approximate surface area is 139 Å². The second-order valence-corrected chi connectivity index (χ2v) is 5.25. The summed E-state index contributed by atoms with van der Waals surface area (Å²) in [7, 11) is 0. The molecule has 0 fully saturated rings. The fraction of sp³-hybridized carbons (Fsp3) is 0.167. The number of benzene rings is 2. The Morgan fingerprint density at radius 2 is 1.96 bits per heavy atom. The molecule has 0 aliphatic rings.